The molecule has 1 saturated carbocycles. The third-order valence-corrected chi connectivity index (χ3v) is 8.82. The molecule has 1 aromatic heterocycles. The first kappa shape index (κ1) is 14.4. The SMILES string of the molecule is Cc1cc(S(=O)(=O)N2C[C@@H]3C4C=CC(C4)[C@@H]3C2)sc1C(=O)O. The smallest absolute Gasteiger partial charge is 0.346 e. The van der Waals surface area contributed by atoms with Gasteiger partial charge in [-0.1, -0.05) is 12.2 Å². The molecule has 2 heterocycles. The van der Waals surface area contributed by atoms with Crippen molar-refractivity contribution >= 4 is 27.3 Å². The normalized spacial score (nSPS) is 33.5. The van der Waals surface area contributed by atoms with Gasteiger partial charge in [0, 0.05) is 13.1 Å². The maximum atomic E-state index is 12.8. The van der Waals surface area contributed by atoms with Gasteiger partial charge in [0.2, 0.25) is 0 Å². The molecule has 1 aliphatic heterocycles. The molecule has 118 valence electrons. The van der Waals surface area contributed by atoms with E-state index in [2.05, 4.69) is 12.2 Å². The summed E-state index contributed by atoms with van der Waals surface area (Å²) >= 11 is 0.862. The second kappa shape index (κ2) is 4.66. The number of sulfonamides is 1. The first-order chi connectivity index (χ1) is 10.4. The fourth-order valence-electron chi connectivity index (χ4n) is 4.23. The zero-order chi connectivity index (χ0) is 15.6. The van der Waals surface area contributed by atoms with Gasteiger partial charge in [-0.15, -0.1) is 11.3 Å². The number of rotatable bonds is 3. The Labute approximate surface area is 133 Å². The summed E-state index contributed by atoms with van der Waals surface area (Å²) in [5.74, 6) is 0.851. The molecule has 3 aliphatic rings. The van der Waals surface area contributed by atoms with Gasteiger partial charge in [0.1, 0.15) is 9.09 Å². The highest BCUT2D eigenvalue weighted by molar-refractivity contribution is 7.91. The third-order valence-electron chi connectivity index (χ3n) is 5.31. The molecular weight excluding hydrogens is 322 g/mol. The lowest BCUT2D eigenvalue weighted by Crippen LogP contribution is -2.30. The highest BCUT2D eigenvalue weighted by Crippen LogP contribution is 2.52. The Hall–Kier alpha value is -1.18. The summed E-state index contributed by atoms with van der Waals surface area (Å²) in [5.41, 5.74) is 0.511. The Morgan fingerprint density at radius 3 is 2.36 bits per heavy atom. The van der Waals surface area contributed by atoms with E-state index in [9.17, 15) is 13.2 Å². The fraction of sp³-hybridized carbons (Fsp3) is 0.533. The lowest BCUT2D eigenvalue weighted by molar-refractivity contribution is 0.0701. The Balaban J connectivity index is 1.63. The number of allylic oxidation sites excluding steroid dienone is 2. The van der Waals surface area contributed by atoms with Gasteiger partial charge in [-0.05, 0) is 48.6 Å². The number of hydrogen-bond acceptors (Lipinski definition) is 4. The molecule has 1 saturated heterocycles. The van der Waals surface area contributed by atoms with Crippen molar-refractivity contribution in [2.45, 2.75) is 17.6 Å². The first-order valence-electron chi connectivity index (χ1n) is 7.40. The van der Waals surface area contributed by atoms with Crippen LogP contribution in [0.5, 0.6) is 0 Å². The van der Waals surface area contributed by atoms with Crippen LogP contribution in [0.1, 0.15) is 21.7 Å². The summed E-state index contributed by atoms with van der Waals surface area (Å²) in [4.78, 5) is 11.2. The van der Waals surface area contributed by atoms with E-state index < -0.39 is 16.0 Å². The van der Waals surface area contributed by atoms with Crippen LogP contribution in [0, 0.1) is 30.6 Å². The lowest BCUT2D eigenvalue weighted by atomic mass is 9.86. The van der Waals surface area contributed by atoms with Gasteiger partial charge < -0.3 is 5.11 Å². The predicted octanol–water partition coefficient (Wildman–Crippen LogP) is 2.20. The van der Waals surface area contributed by atoms with Crippen LogP contribution in [0.15, 0.2) is 22.4 Å². The summed E-state index contributed by atoms with van der Waals surface area (Å²) < 4.78 is 27.3. The zero-order valence-electron chi connectivity index (χ0n) is 12.1. The molecule has 1 aromatic rings. The number of nitrogens with zero attached hydrogens (tertiary/aromatic N) is 1. The van der Waals surface area contributed by atoms with E-state index in [1.54, 1.807) is 11.2 Å². The van der Waals surface area contributed by atoms with Gasteiger partial charge in [0.05, 0.1) is 0 Å². The van der Waals surface area contributed by atoms with Crippen molar-refractivity contribution < 1.29 is 18.3 Å². The van der Waals surface area contributed by atoms with E-state index in [0.717, 1.165) is 11.3 Å². The molecule has 5 nitrogen and oxygen atoms in total. The minimum absolute atomic E-state index is 0.111. The van der Waals surface area contributed by atoms with Crippen molar-refractivity contribution in [3.05, 3.63) is 28.7 Å². The summed E-state index contributed by atoms with van der Waals surface area (Å²) in [6, 6.07) is 1.49. The Morgan fingerprint density at radius 1 is 1.27 bits per heavy atom. The molecule has 0 aromatic carbocycles. The van der Waals surface area contributed by atoms with Crippen molar-refractivity contribution in [1.29, 1.82) is 0 Å². The number of thiophene rings is 1. The molecule has 2 fully saturated rings. The highest BCUT2D eigenvalue weighted by atomic mass is 32.2. The second-order valence-electron chi connectivity index (χ2n) is 6.48. The molecule has 0 amide bonds. The molecule has 2 aliphatic carbocycles. The van der Waals surface area contributed by atoms with Crippen LogP contribution in [0.4, 0.5) is 0 Å². The van der Waals surface area contributed by atoms with Crippen molar-refractivity contribution in [3.63, 3.8) is 0 Å². The van der Waals surface area contributed by atoms with Crippen molar-refractivity contribution in [3.8, 4) is 0 Å². The number of carboxylic acid groups (broad SMARTS) is 1. The van der Waals surface area contributed by atoms with Crippen molar-refractivity contribution in [2.24, 2.45) is 23.7 Å². The third kappa shape index (κ3) is 1.92. The van der Waals surface area contributed by atoms with Crippen LogP contribution in [0.3, 0.4) is 0 Å². The fourth-order valence-corrected chi connectivity index (χ4v) is 7.28. The molecule has 2 unspecified atom stereocenters. The molecule has 22 heavy (non-hydrogen) atoms. The van der Waals surface area contributed by atoms with Crippen LogP contribution in [0.2, 0.25) is 0 Å². The number of hydrogen-bond donors (Lipinski definition) is 1. The Morgan fingerprint density at radius 2 is 1.86 bits per heavy atom. The summed E-state index contributed by atoms with van der Waals surface area (Å²) in [6.45, 7) is 2.78. The van der Waals surface area contributed by atoms with E-state index in [0.29, 0.717) is 42.3 Å². The molecule has 0 radical (unpaired) electrons. The maximum Gasteiger partial charge on any atom is 0.346 e. The number of aryl methyl sites for hydroxylation is 1. The number of carboxylic acids is 1. The van der Waals surface area contributed by atoms with Gasteiger partial charge in [-0.2, -0.15) is 4.31 Å². The minimum Gasteiger partial charge on any atom is -0.477 e. The average molecular weight is 339 g/mol. The molecule has 4 atom stereocenters. The predicted molar refractivity (Wildman–Crippen MR) is 82.5 cm³/mol. The summed E-state index contributed by atoms with van der Waals surface area (Å²) in [6.07, 6.45) is 5.64. The number of aromatic carboxylic acids is 1. The van der Waals surface area contributed by atoms with Gasteiger partial charge in [0.25, 0.3) is 10.0 Å². The number of fused-ring (bicyclic) bond motifs is 5. The quantitative estimate of drug-likeness (QED) is 0.857. The second-order valence-corrected chi connectivity index (χ2v) is 9.70. The minimum atomic E-state index is -3.57. The molecular formula is C15H17NO4S2. The lowest BCUT2D eigenvalue weighted by Gasteiger charge is -2.17. The van der Waals surface area contributed by atoms with E-state index in [1.807, 2.05) is 0 Å². The molecule has 4 rings (SSSR count). The molecule has 2 bridgehead atoms. The van der Waals surface area contributed by atoms with Crippen LogP contribution in [-0.2, 0) is 10.0 Å². The molecule has 7 heteroatoms. The van der Waals surface area contributed by atoms with Crippen molar-refractivity contribution in [1.82, 2.24) is 4.31 Å². The first-order valence-corrected chi connectivity index (χ1v) is 9.66. The average Bonchev–Trinajstić information content (AvgIpc) is 3.19. The molecule has 0 spiro atoms. The van der Waals surface area contributed by atoms with Crippen LogP contribution >= 0.6 is 11.3 Å². The monoisotopic (exact) mass is 339 g/mol. The van der Waals surface area contributed by atoms with E-state index >= 15 is 0 Å². The van der Waals surface area contributed by atoms with Gasteiger partial charge >= 0.3 is 5.97 Å². The van der Waals surface area contributed by atoms with Gasteiger partial charge in [-0.25, -0.2) is 13.2 Å². The van der Waals surface area contributed by atoms with Crippen molar-refractivity contribution in [2.75, 3.05) is 13.1 Å². The summed E-state index contributed by atoms with van der Waals surface area (Å²) in [5, 5.41) is 9.11. The molecule has 1 N–H and O–H groups in total. The van der Waals surface area contributed by atoms with E-state index in [-0.39, 0.29) is 9.09 Å². The summed E-state index contributed by atoms with van der Waals surface area (Å²) in [7, 11) is -3.57. The van der Waals surface area contributed by atoms with Gasteiger partial charge in [-0.3, -0.25) is 0 Å². The largest absolute Gasteiger partial charge is 0.477 e. The Bertz CT molecular complexity index is 759. The van der Waals surface area contributed by atoms with Gasteiger partial charge in [0.15, 0.2) is 0 Å². The van der Waals surface area contributed by atoms with E-state index in [4.69, 9.17) is 5.11 Å². The standard InChI is InChI=1S/C15H17NO4S2/c1-8-4-13(21-14(8)15(17)18)22(19,20)16-6-11-9-2-3-10(5-9)12(11)7-16/h2-4,9-12H,5-7H2,1H3,(H,17,18)/t9?,10?,11-,12+. The number of carbonyl (C=O) groups is 1. The van der Waals surface area contributed by atoms with E-state index in [1.165, 1.54) is 12.5 Å². The highest BCUT2D eigenvalue weighted by Gasteiger charge is 2.51. The zero-order valence-corrected chi connectivity index (χ0v) is 13.7. The maximum absolute atomic E-state index is 12.8. The Kier molecular flexibility index (Phi) is 3.05. The van der Waals surface area contributed by atoms with Crippen LogP contribution in [0.25, 0.3) is 0 Å². The topological polar surface area (TPSA) is 74.7 Å². The van der Waals surface area contributed by atoms with Crippen LogP contribution in [-0.4, -0.2) is 36.9 Å². The van der Waals surface area contributed by atoms with Crippen LogP contribution < -0.4 is 0 Å².